The summed E-state index contributed by atoms with van der Waals surface area (Å²) >= 11 is 0. The van der Waals surface area contributed by atoms with E-state index in [-0.39, 0.29) is 30.2 Å². The van der Waals surface area contributed by atoms with Crippen molar-refractivity contribution in [3.05, 3.63) is 33.9 Å². The first-order valence-corrected chi connectivity index (χ1v) is 7.90. The number of rotatable bonds is 6. The lowest BCUT2D eigenvalue weighted by molar-refractivity contribution is -0.388. The van der Waals surface area contributed by atoms with Crippen LogP contribution in [0.1, 0.15) is 38.2 Å². The minimum Gasteiger partial charge on any atom is -0.382 e. The molecule has 1 aliphatic carbocycles. The third-order valence-corrected chi connectivity index (χ3v) is 4.07. The van der Waals surface area contributed by atoms with Crippen LogP contribution in [-0.4, -0.2) is 29.5 Å². The summed E-state index contributed by atoms with van der Waals surface area (Å²) in [5, 5.41) is 13.8. The molecule has 25 heavy (non-hydrogen) atoms. The van der Waals surface area contributed by atoms with Gasteiger partial charge in [-0.2, -0.15) is 13.2 Å². The van der Waals surface area contributed by atoms with Crippen LogP contribution in [0.5, 0.6) is 0 Å². The van der Waals surface area contributed by atoms with Crippen LogP contribution in [0.15, 0.2) is 18.2 Å². The molecule has 0 aromatic heterocycles. The number of hydrogen-bond acceptors (Lipinski definition) is 5. The van der Waals surface area contributed by atoms with Gasteiger partial charge in [0.1, 0.15) is 12.2 Å². The molecule has 0 saturated heterocycles. The van der Waals surface area contributed by atoms with Crippen molar-refractivity contribution in [2.24, 2.45) is 0 Å². The molecular weight excluding hydrogens is 341 g/mol. The van der Waals surface area contributed by atoms with E-state index in [2.05, 4.69) is 5.32 Å². The summed E-state index contributed by atoms with van der Waals surface area (Å²) < 4.78 is 44.4. The van der Waals surface area contributed by atoms with Gasteiger partial charge in [-0.05, 0) is 44.7 Å². The topological polar surface area (TPSA) is 81.5 Å². The molecule has 0 unspecified atom stereocenters. The SMILES string of the molecule is CC(=O)CO[C@H]1CC[C@H](Nc2ccc([N+](=O)[O-])c(C(F)(F)F)c2)CC1. The van der Waals surface area contributed by atoms with Gasteiger partial charge < -0.3 is 10.1 Å². The molecule has 0 bridgehead atoms. The van der Waals surface area contributed by atoms with Gasteiger partial charge in [0, 0.05) is 17.8 Å². The van der Waals surface area contributed by atoms with Crippen molar-refractivity contribution >= 4 is 17.2 Å². The van der Waals surface area contributed by atoms with Gasteiger partial charge in [0.25, 0.3) is 5.69 Å². The molecule has 6 nitrogen and oxygen atoms in total. The molecule has 138 valence electrons. The Hall–Kier alpha value is -2.16. The maximum atomic E-state index is 13.0. The molecular formula is C16H19F3N2O4. The average molecular weight is 360 g/mol. The second kappa shape index (κ2) is 7.81. The van der Waals surface area contributed by atoms with Gasteiger partial charge in [-0.3, -0.25) is 14.9 Å². The molecule has 1 saturated carbocycles. The highest BCUT2D eigenvalue weighted by atomic mass is 19.4. The van der Waals surface area contributed by atoms with E-state index in [9.17, 15) is 28.1 Å². The van der Waals surface area contributed by atoms with E-state index < -0.39 is 22.4 Å². The summed E-state index contributed by atoms with van der Waals surface area (Å²) in [4.78, 5) is 20.6. The van der Waals surface area contributed by atoms with Crippen LogP contribution in [0.4, 0.5) is 24.5 Å². The minimum atomic E-state index is -4.79. The second-order valence-electron chi connectivity index (χ2n) is 6.12. The Morgan fingerprint density at radius 1 is 1.32 bits per heavy atom. The Balaban J connectivity index is 2.00. The summed E-state index contributed by atoms with van der Waals surface area (Å²) in [6.07, 6.45) is -2.06. The van der Waals surface area contributed by atoms with Crippen molar-refractivity contribution in [2.45, 2.75) is 50.9 Å². The van der Waals surface area contributed by atoms with Crippen LogP contribution >= 0.6 is 0 Å². The van der Waals surface area contributed by atoms with E-state index in [1.807, 2.05) is 0 Å². The monoisotopic (exact) mass is 360 g/mol. The summed E-state index contributed by atoms with van der Waals surface area (Å²) in [5.74, 6) is -0.0502. The quantitative estimate of drug-likeness (QED) is 0.614. The van der Waals surface area contributed by atoms with Crippen molar-refractivity contribution in [1.29, 1.82) is 0 Å². The van der Waals surface area contributed by atoms with Gasteiger partial charge in [0.2, 0.25) is 0 Å². The van der Waals surface area contributed by atoms with Crippen LogP contribution in [0.25, 0.3) is 0 Å². The Kier molecular flexibility index (Phi) is 5.99. The summed E-state index contributed by atoms with van der Waals surface area (Å²) in [6, 6.07) is 2.88. The number of nitrogens with one attached hydrogen (secondary N) is 1. The number of anilines is 1. The smallest absolute Gasteiger partial charge is 0.382 e. The van der Waals surface area contributed by atoms with Crippen molar-refractivity contribution in [1.82, 2.24) is 0 Å². The lowest BCUT2D eigenvalue weighted by atomic mass is 9.92. The fourth-order valence-corrected chi connectivity index (χ4v) is 2.86. The maximum absolute atomic E-state index is 13.0. The lowest BCUT2D eigenvalue weighted by Gasteiger charge is -2.29. The van der Waals surface area contributed by atoms with E-state index >= 15 is 0 Å². The first-order valence-electron chi connectivity index (χ1n) is 7.90. The third-order valence-electron chi connectivity index (χ3n) is 4.07. The number of nitro benzene ring substituents is 1. The van der Waals surface area contributed by atoms with Crippen molar-refractivity contribution in [3.63, 3.8) is 0 Å². The molecule has 1 N–H and O–H groups in total. The maximum Gasteiger partial charge on any atom is 0.423 e. The predicted molar refractivity (Wildman–Crippen MR) is 84.4 cm³/mol. The third kappa shape index (κ3) is 5.42. The summed E-state index contributed by atoms with van der Waals surface area (Å²) in [5.41, 5.74) is -2.02. The molecule has 0 heterocycles. The molecule has 0 spiro atoms. The number of nitro groups is 1. The molecule has 9 heteroatoms. The van der Waals surface area contributed by atoms with Crippen LogP contribution in [0, 0.1) is 10.1 Å². The van der Waals surface area contributed by atoms with Gasteiger partial charge in [0.15, 0.2) is 5.78 Å². The second-order valence-corrected chi connectivity index (χ2v) is 6.12. The Morgan fingerprint density at radius 2 is 1.96 bits per heavy atom. The van der Waals surface area contributed by atoms with E-state index in [4.69, 9.17) is 4.74 Å². The highest BCUT2D eigenvalue weighted by Crippen LogP contribution is 2.38. The van der Waals surface area contributed by atoms with Crippen molar-refractivity contribution in [2.75, 3.05) is 11.9 Å². The van der Waals surface area contributed by atoms with Gasteiger partial charge in [-0.15, -0.1) is 0 Å². The van der Waals surface area contributed by atoms with E-state index in [1.165, 1.54) is 13.0 Å². The van der Waals surface area contributed by atoms with Gasteiger partial charge >= 0.3 is 6.18 Å². The highest BCUT2D eigenvalue weighted by Gasteiger charge is 2.38. The Labute approximate surface area is 142 Å². The Bertz CT molecular complexity index is 641. The first-order chi connectivity index (χ1) is 11.7. The molecule has 0 radical (unpaired) electrons. The van der Waals surface area contributed by atoms with Gasteiger partial charge in [-0.1, -0.05) is 0 Å². The molecule has 1 aromatic rings. The fraction of sp³-hybridized carbons (Fsp3) is 0.562. The van der Waals surface area contributed by atoms with E-state index in [0.717, 1.165) is 12.1 Å². The number of halogens is 3. The van der Waals surface area contributed by atoms with Crippen LogP contribution in [0.2, 0.25) is 0 Å². The number of benzene rings is 1. The number of carbonyl (C=O) groups is 1. The zero-order chi connectivity index (χ0) is 18.6. The number of hydrogen-bond donors (Lipinski definition) is 1. The van der Waals surface area contributed by atoms with Gasteiger partial charge in [0.05, 0.1) is 11.0 Å². The lowest BCUT2D eigenvalue weighted by Crippen LogP contribution is -2.30. The number of ether oxygens (including phenoxy) is 1. The zero-order valence-electron chi connectivity index (χ0n) is 13.6. The van der Waals surface area contributed by atoms with E-state index in [0.29, 0.717) is 25.7 Å². The van der Waals surface area contributed by atoms with E-state index in [1.54, 1.807) is 0 Å². The van der Waals surface area contributed by atoms with Crippen molar-refractivity contribution in [3.8, 4) is 0 Å². The molecule has 1 fully saturated rings. The largest absolute Gasteiger partial charge is 0.423 e. The molecule has 2 rings (SSSR count). The fourth-order valence-electron chi connectivity index (χ4n) is 2.86. The average Bonchev–Trinajstić information content (AvgIpc) is 2.53. The normalized spacial score (nSPS) is 21.0. The standard InChI is InChI=1S/C16H19F3N2O4/c1-10(22)9-25-13-5-2-11(3-6-13)20-12-4-7-15(21(23)24)14(8-12)16(17,18)19/h4,7-8,11,13,20H,2-3,5-6,9H2,1H3/t11-,13-. The summed E-state index contributed by atoms with van der Waals surface area (Å²) in [6.45, 7) is 1.51. The van der Waals surface area contributed by atoms with Crippen LogP contribution < -0.4 is 5.32 Å². The minimum absolute atomic E-state index is 0.0236. The summed E-state index contributed by atoms with van der Waals surface area (Å²) in [7, 11) is 0. The Morgan fingerprint density at radius 3 is 2.48 bits per heavy atom. The number of carbonyl (C=O) groups excluding carboxylic acids is 1. The number of nitrogens with zero attached hydrogens (tertiary/aromatic N) is 1. The molecule has 1 aliphatic rings. The molecule has 0 atom stereocenters. The highest BCUT2D eigenvalue weighted by molar-refractivity contribution is 5.76. The van der Waals surface area contributed by atoms with Crippen LogP contribution in [0.3, 0.4) is 0 Å². The number of alkyl halides is 3. The van der Waals surface area contributed by atoms with Gasteiger partial charge in [-0.25, -0.2) is 0 Å². The van der Waals surface area contributed by atoms with Crippen LogP contribution in [-0.2, 0) is 15.7 Å². The molecule has 0 aliphatic heterocycles. The first kappa shape index (κ1) is 19.2. The molecule has 1 aromatic carbocycles. The van der Waals surface area contributed by atoms with Crippen molar-refractivity contribution < 1.29 is 27.6 Å². The predicted octanol–water partition coefficient (Wildman–Crippen LogP) is 3.94. The number of Topliss-reactive ketones (excluding diaryl/α,β-unsaturated/α-hetero) is 1. The molecule has 0 amide bonds. The zero-order valence-corrected chi connectivity index (χ0v) is 13.6. The number of ketones is 1.